The molecule has 0 saturated heterocycles. The summed E-state index contributed by atoms with van der Waals surface area (Å²) in [6, 6.07) is 10.6. The second-order valence-electron chi connectivity index (χ2n) is 7.79. The fourth-order valence-corrected chi connectivity index (χ4v) is 4.10. The van der Waals surface area contributed by atoms with Crippen LogP contribution >= 0.6 is 11.8 Å². The number of nitrogens with one attached hydrogen (secondary N) is 2. The van der Waals surface area contributed by atoms with Crippen LogP contribution in [-0.2, 0) is 13.0 Å². The summed E-state index contributed by atoms with van der Waals surface area (Å²) < 4.78 is 1.79. The lowest BCUT2D eigenvalue weighted by molar-refractivity contribution is 0.240. The van der Waals surface area contributed by atoms with Gasteiger partial charge in [0.15, 0.2) is 0 Å². The fraction of sp³-hybridized carbons (Fsp3) is 0.286. The van der Waals surface area contributed by atoms with Crippen molar-refractivity contribution < 1.29 is 0 Å². The van der Waals surface area contributed by atoms with Crippen molar-refractivity contribution in [3.63, 3.8) is 0 Å². The zero-order valence-electron chi connectivity index (χ0n) is 15.8. The van der Waals surface area contributed by atoms with Crippen LogP contribution in [0, 0.1) is 16.2 Å². The van der Waals surface area contributed by atoms with Crippen molar-refractivity contribution in [1.29, 1.82) is 10.8 Å². The molecule has 0 bridgehead atoms. The van der Waals surface area contributed by atoms with Gasteiger partial charge in [0.2, 0.25) is 0 Å². The van der Waals surface area contributed by atoms with Gasteiger partial charge in [-0.3, -0.25) is 25.2 Å². The van der Waals surface area contributed by atoms with Crippen LogP contribution in [0.3, 0.4) is 0 Å². The van der Waals surface area contributed by atoms with Gasteiger partial charge in [-0.05, 0) is 47.9 Å². The van der Waals surface area contributed by atoms with Crippen molar-refractivity contribution in [3.8, 4) is 0 Å². The Kier molecular flexibility index (Phi) is 4.63. The summed E-state index contributed by atoms with van der Waals surface area (Å²) in [5.41, 5.74) is 1.87. The van der Waals surface area contributed by atoms with Crippen LogP contribution in [-0.4, -0.2) is 24.6 Å². The quantitative estimate of drug-likeness (QED) is 0.512. The van der Waals surface area contributed by atoms with Gasteiger partial charge in [-0.1, -0.05) is 26.0 Å². The zero-order chi connectivity index (χ0) is 19.9. The third-order valence-corrected chi connectivity index (χ3v) is 5.86. The molecule has 1 aliphatic heterocycles. The topological polar surface area (TPSA) is 95.5 Å². The number of benzene rings is 1. The number of pyridine rings is 1. The molecule has 1 aromatic carbocycles. The van der Waals surface area contributed by atoms with Crippen LogP contribution in [0.5, 0.6) is 0 Å². The first-order valence-corrected chi connectivity index (χ1v) is 9.96. The van der Waals surface area contributed by atoms with Crippen LogP contribution < -0.4 is 5.56 Å². The maximum Gasteiger partial charge on any atom is 0.261 e. The number of aryl methyl sites for hydroxylation is 1. The van der Waals surface area contributed by atoms with Gasteiger partial charge in [0.25, 0.3) is 5.56 Å². The monoisotopic (exact) mass is 391 g/mol. The first kappa shape index (κ1) is 18.6. The first-order valence-electron chi connectivity index (χ1n) is 9.14. The highest BCUT2D eigenvalue weighted by atomic mass is 32.2. The van der Waals surface area contributed by atoms with Crippen molar-refractivity contribution in [2.75, 3.05) is 0 Å². The summed E-state index contributed by atoms with van der Waals surface area (Å²) >= 11 is 1.04. The molecular formula is C21H21N5OS. The second kappa shape index (κ2) is 6.98. The SMILES string of the molecule is CC1(C)CCc2nc3cc(C(=N)SC(=N)c4ccccn4)ccc3c(=O)n2C1. The van der Waals surface area contributed by atoms with E-state index in [4.69, 9.17) is 15.8 Å². The molecule has 1 aliphatic rings. The molecule has 0 radical (unpaired) electrons. The number of hydrogen-bond acceptors (Lipinski definition) is 6. The molecule has 0 atom stereocenters. The molecule has 0 unspecified atom stereocenters. The average Bonchev–Trinajstić information content (AvgIpc) is 2.68. The molecule has 2 N–H and O–H groups in total. The Morgan fingerprint density at radius 3 is 2.75 bits per heavy atom. The highest BCUT2D eigenvalue weighted by Gasteiger charge is 2.27. The van der Waals surface area contributed by atoms with E-state index >= 15 is 0 Å². The first-order chi connectivity index (χ1) is 13.3. The van der Waals surface area contributed by atoms with Gasteiger partial charge in [-0.2, -0.15) is 0 Å². The standard InChI is InChI=1S/C21H21N5OS/c1-21(2)9-8-17-25-16-11-13(6-7-14(16)20(27)26(17)12-21)18(22)28-19(23)15-5-3-4-10-24-15/h3-7,10-11,22-23H,8-9,12H2,1-2H3. The lowest BCUT2D eigenvalue weighted by Gasteiger charge is -2.31. The Morgan fingerprint density at radius 2 is 2.00 bits per heavy atom. The molecule has 3 aromatic rings. The van der Waals surface area contributed by atoms with Crippen molar-refractivity contribution in [2.24, 2.45) is 5.41 Å². The van der Waals surface area contributed by atoms with Crippen molar-refractivity contribution in [1.82, 2.24) is 14.5 Å². The molecule has 142 valence electrons. The molecule has 2 aromatic heterocycles. The van der Waals surface area contributed by atoms with Gasteiger partial charge in [0.05, 0.1) is 16.6 Å². The third kappa shape index (κ3) is 3.49. The van der Waals surface area contributed by atoms with Crippen molar-refractivity contribution in [3.05, 3.63) is 70.0 Å². The summed E-state index contributed by atoms with van der Waals surface area (Å²) in [6.45, 7) is 5.02. The normalized spacial score (nSPS) is 15.2. The lowest BCUT2D eigenvalue weighted by Crippen LogP contribution is -2.36. The summed E-state index contributed by atoms with van der Waals surface area (Å²) in [4.78, 5) is 21.8. The van der Waals surface area contributed by atoms with E-state index in [2.05, 4.69) is 18.8 Å². The molecule has 0 saturated carbocycles. The molecule has 7 heteroatoms. The van der Waals surface area contributed by atoms with Crippen LogP contribution in [0.4, 0.5) is 0 Å². The highest BCUT2D eigenvalue weighted by molar-refractivity contribution is 8.27. The number of thioether (sulfide) groups is 1. The number of hydrogen-bond donors (Lipinski definition) is 2. The van der Waals surface area contributed by atoms with Gasteiger partial charge >= 0.3 is 0 Å². The molecule has 0 amide bonds. The second-order valence-corrected chi connectivity index (χ2v) is 8.81. The van der Waals surface area contributed by atoms with Crippen LogP contribution in [0.2, 0.25) is 0 Å². The van der Waals surface area contributed by atoms with Gasteiger partial charge in [-0.25, -0.2) is 4.98 Å². The predicted octanol–water partition coefficient (Wildman–Crippen LogP) is 3.85. The van der Waals surface area contributed by atoms with Crippen LogP contribution in [0.1, 0.15) is 37.4 Å². The van der Waals surface area contributed by atoms with Gasteiger partial charge < -0.3 is 0 Å². The fourth-order valence-electron chi connectivity index (χ4n) is 3.43. The molecule has 0 fully saturated rings. The van der Waals surface area contributed by atoms with Gasteiger partial charge in [0.1, 0.15) is 15.9 Å². The number of rotatable bonds is 2. The summed E-state index contributed by atoms with van der Waals surface area (Å²) in [5, 5.41) is 17.5. The van der Waals surface area contributed by atoms with Crippen molar-refractivity contribution in [2.45, 2.75) is 33.2 Å². The van der Waals surface area contributed by atoms with E-state index in [1.165, 1.54) is 0 Å². The van der Waals surface area contributed by atoms with E-state index in [-0.39, 0.29) is 21.1 Å². The number of fused-ring (bicyclic) bond motifs is 2. The lowest BCUT2D eigenvalue weighted by atomic mass is 9.85. The van der Waals surface area contributed by atoms with Crippen LogP contribution in [0.25, 0.3) is 10.9 Å². The Morgan fingerprint density at radius 1 is 1.18 bits per heavy atom. The minimum absolute atomic E-state index is 0.0141. The molecule has 4 rings (SSSR count). The maximum atomic E-state index is 12.9. The summed E-state index contributed by atoms with van der Waals surface area (Å²) in [7, 11) is 0. The summed E-state index contributed by atoms with van der Waals surface area (Å²) in [5.74, 6) is 0.814. The van der Waals surface area contributed by atoms with Gasteiger partial charge in [0, 0.05) is 24.7 Å². The van der Waals surface area contributed by atoms with E-state index in [0.717, 1.165) is 30.4 Å². The van der Waals surface area contributed by atoms with E-state index in [1.807, 2.05) is 6.07 Å². The minimum Gasteiger partial charge on any atom is -0.296 e. The molecule has 3 heterocycles. The third-order valence-electron chi connectivity index (χ3n) is 5.01. The number of aromatic nitrogens is 3. The smallest absolute Gasteiger partial charge is 0.261 e. The molecule has 6 nitrogen and oxygen atoms in total. The van der Waals surface area contributed by atoms with Gasteiger partial charge in [-0.15, -0.1) is 0 Å². The molecule has 0 spiro atoms. The van der Waals surface area contributed by atoms with Crippen molar-refractivity contribution >= 4 is 32.8 Å². The number of nitrogens with zero attached hydrogens (tertiary/aromatic N) is 3. The Labute approximate surface area is 167 Å². The van der Waals surface area contributed by atoms with Crippen LogP contribution in [0.15, 0.2) is 47.4 Å². The Hall–Kier alpha value is -2.80. The predicted molar refractivity (Wildman–Crippen MR) is 114 cm³/mol. The van der Waals surface area contributed by atoms with E-state index in [0.29, 0.717) is 28.7 Å². The Bertz CT molecular complexity index is 1150. The molecule has 28 heavy (non-hydrogen) atoms. The summed E-state index contributed by atoms with van der Waals surface area (Å²) in [6.07, 6.45) is 3.41. The minimum atomic E-state index is -0.0141. The largest absolute Gasteiger partial charge is 0.296 e. The molecular weight excluding hydrogens is 370 g/mol. The van der Waals surface area contributed by atoms with E-state index in [9.17, 15) is 4.79 Å². The average molecular weight is 392 g/mol. The van der Waals surface area contributed by atoms with E-state index < -0.39 is 0 Å². The Balaban J connectivity index is 1.66. The zero-order valence-corrected chi connectivity index (χ0v) is 16.6. The van der Waals surface area contributed by atoms with E-state index in [1.54, 1.807) is 41.1 Å². The maximum absolute atomic E-state index is 12.9. The highest BCUT2D eigenvalue weighted by Crippen LogP contribution is 2.29. The molecule has 0 aliphatic carbocycles.